The van der Waals surface area contributed by atoms with E-state index in [1.165, 1.54) is 0 Å². The van der Waals surface area contributed by atoms with Crippen molar-refractivity contribution < 1.29 is 9.47 Å². The Hall–Kier alpha value is -1.66. The zero-order valence-electron chi connectivity index (χ0n) is 11.7. The van der Waals surface area contributed by atoms with Crippen LogP contribution in [0.5, 0.6) is 5.88 Å². The zero-order chi connectivity index (χ0) is 14.0. The number of nitrogens with zero attached hydrogens (tertiary/aromatic N) is 2. The van der Waals surface area contributed by atoms with Gasteiger partial charge in [-0.2, -0.15) is 4.98 Å². The smallest absolute Gasteiger partial charge is 0.215 e. The van der Waals surface area contributed by atoms with Gasteiger partial charge in [-0.05, 0) is 25.8 Å². The lowest BCUT2D eigenvalue weighted by molar-refractivity contribution is 0.0503. The Morgan fingerprint density at radius 1 is 1.35 bits per heavy atom. The van der Waals surface area contributed by atoms with Crippen LogP contribution < -0.4 is 10.5 Å². The molecule has 0 spiro atoms. The van der Waals surface area contributed by atoms with Gasteiger partial charge in [0.05, 0.1) is 12.1 Å². The summed E-state index contributed by atoms with van der Waals surface area (Å²) >= 11 is 0. The van der Waals surface area contributed by atoms with E-state index in [1.807, 2.05) is 19.1 Å². The first kappa shape index (κ1) is 13.3. The molecule has 3 N–H and O–H groups in total. The van der Waals surface area contributed by atoms with Crippen LogP contribution in [-0.2, 0) is 10.2 Å². The largest absolute Gasteiger partial charge is 0.478 e. The number of aromatic nitrogens is 3. The predicted octanol–water partition coefficient (Wildman–Crippen LogP) is 1.36. The van der Waals surface area contributed by atoms with Crippen molar-refractivity contribution in [2.75, 3.05) is 26.4 Å². The maximum absolute atomic E-state index is 6.01. The molecule has 0 atom stereocenters. The van der Waals surface area contributed by atoms with Crippen LogP contribution in [-0.4, -0.2) is 41.3 Å². The van der Waals surface area contributed by atoms with Gasteiger partial charge in [0.15, 0.2) is 5.65 Å². The maximum Gasteiger partial charge on any atom is 0.215 e. The fourth-order valence-corrected chi connectivity index (χ4v) is 2.65. The number of nitrogens with one attached hydrogen (secondary N) is 1. The molecule has 0 unspecified atom stereocenters. The van der Waals surface area contributed by atoms with Gasteiger partial charge in [-0.25, -0.2) is 4.98 Å². The van der Waals surface area contributed by atoms with E-state index >= 15 is 0 Å². The molecule has 2 aromatic heterocycles. The third-order valence-electron chi connectivity index (χ3n) is 3.96. The monoisotopic (exact) mass is 276 g/mol. The second-order valence-corrected chi connectivity index (χ2v) is 5.14. The molecule has 108 valence electrons. The van der Waals surface area contributed by atoms with Gasteiger partial charge in [0, 0.05) is 31.2 Å². The van der Waals surface area contributed by atoms with Gasteiger partial charge < -0.3 is 20.2 Å². The van der Waals surface area contributed by atoms with Crippen LogP contribution in [0.15, 0.2) is 12.1 Å². The topological polar surface area (TPSA) is 86.0 Å². The van der Waals surface area contributed by atoms with Crippen LogP contribution in [0.1, 0.15) is 25.6 Å². The number of H-pyrrole nitrogens is 1. The molecule has 1 saturated heterocycles. The van der Waals surface area contributed by atoms with E-state index in [0.717, 1.165) is 37.4 Å². The molecular weight excluding hydrogens is 256 g/mol. The van der Waals surface area contributed by atoms with Crippen LogP contribution in [0.3, 0.4) is 0 Å². The van der Waals surface area contributed by atoms with Crippen molar-refractivity contribution >= 4 is 11.2 Å². The Bertz CT molecular complexity index is 590. The fourth-order valence-electron chi connectivity index (χ4n) is 2.65. The second-order valence-electron chi connectivity index (χ2n) is 5.14. The summed E-state index contributed by atoms with van der Waals surface area (Å²) < 4.78 is 10.9. The minimum absolute atomic E-state index is 0.120. The second kappa shape index (κ2) is 5.38. The standard InChI is InChI=1S/C14H20N4O2/c1-2-20-11-4-3-10-12(17-11)18-13(16-10)14(9-15)5-7-19-8-6-14/h3-4H,2,5-9,15H2,1H3,(H,16,17,18). The van der Waals surface area contributed by atoms with Crippen molar-refractivity contribution in [3.63, 3.8) is 0 Å². The third-order valence-corrected chi connectivity index (χ3v) is 3.96. The Labute approximate surface area is 117 Å². The molecule has 1 aliphatic heterocycles. The lowest BCUT2D eigenvalue weighted by Crippen LogP contribution is -2.41. The summed E-state index contributed by atoms with van der Waals surface area (Å²) in [6.45, 7) is 4.55. The molecule has 3 heterocycles. The average Bonchev–Trinajstić information content (AvgIpc) is 2.92. The highest BCUT2D eigenvalue weighted by atomic mass is 16.5. The molecule has 0 radical (unpaired) electrons. The molecular formula is C14H20N4O2. The van der Waals surface area contributed by atoms with Crippen LogP contribution in [0.2, 0.25) is 0 Å². The van der Waals surface area contributed by atoms with Gasteiger partial charge in [-0.1, -0.05) is 0 Å². The van der Waals surface area contributed by atoms with Gasteiger partial charge in [0.1, 0.15) is 5.82 Å². The predicted molar refractivity (Wildman–Crippen MR) is 75.8 cm³/mol. The molecule has 20 heavy (non-hydrogen) atoms. The van der Waals surface area contributed by atoms with Crippen molar-refractivity contribution in [1.29, 1.82) is 0 Å². The Morgan fingerprint density at radius 2 is 2.15 bits per heavy atom. The first-order valence-corrected chi connectivity index (χ1v) is 7.05. The lowest BCUT2D eigenvalue weighted by atomic mass is 9.79. The highest BCUT2D eigenvalue weighted by Gasteiger charge is 2.36. The van der Waals surface area contributed by atoms with E-state index in [1.54, 1.807) is 0 Å². The molecule has 6 nitrogen and oxygen atoms in total. The zero-order valence-corrected chi connectivity index (χ0v) is 11.7. The summed E-state index contributed by atoms with van der Waals surface area (Å²) in [5, 5.41) is 0. The van der Waals surface area contributed by atoms with Crippen molar-refractivity contribution in [3.8, 4) is 5.88 Å². The Balaban J connectivity index is 1.98. The minimum atomic E-state index is -0.120. The summed E-state index contributed by atoms with van der Waals surface area (Å²) in [4.78, 5) is 12.4. The van der Waals surface area contributed by atoms with E-state index in [4.69, 9.17) is 15.2 Å². The molecule has 2 aromatic rings. The number of hydrogen-bond donors (Lipinski definition) is 2. The number of hydrogen-bond acceptors (Lipinski definition) is 5. The van der Waals surface area contributed by atoms with E-state index in [9.17, 15) is 0 Å². The van der Waals surface area contributed by atoms with E-state index in [-0.39, 0.29) is 5.41 Å². The number of rotatable bonds is 4. The lowest BCUT2D eigenvalue weighted by Gasteiger charge is -2.34. The number of nitrogens with two attached hydrogens (primary N) is 1. The molecule has 0 aromatic carbocycles. The summed E-state index contributed by atoms with van der Waals surface area (Å²) in [5.41, 5.74) is 7.49. The van der Waals surface area contributed by atoms with Gasteiger partial charge in [0.25, 0.3) is 0 Å². The van der Waals surface area contributed by atoms with E-state index in [2.05, 4.69) is 15.0 Å². The number of pyridine rings is 1. The van der Waals surface area contributed by atoms with Gasteiger partial charge >= 0.3 is 0 Å². The highest BCUT2D eigenvalue weighted by Crippen LogP contribution is 2.33. The van der Waals surface area contributed by atoms with E-state index < -0.39 is 0 Å². The molecule has 6 heteroatoms. The average molecular weight is 276 g/mol. The molecule has 0 saturated carbocycles. The summed E-state index contributed by atoms with van der Waals surface area (Å²) in [5.74, 6) is 1.52. The molecule has 0 bridgehead atoms. The molecule has 1 aliphatic rings. The highest BCUT2D eigenvalue weighted by molar-refractivity contribution is 5.71. The van der Waals surface area contributed by atoms with Crippen molar-refractivity contribution in [3.05, 3.63) is 18.0 Å². The number of fused-ring (bicyclic) bond motifs is 1. The first-order chi connectivity index (χ1) is 9.77. The molecule has 1 fully saturated rings. The number of ether oxygens (including phenoxy) is 2. The summed E-state index contributed by atoms with van der Waals surface area (Å²) in [6, 6.07) is 3.81. The molecule has 3 rings (SSSR count). The van der Waals surface area contributed by atoms with Crippen molar-refractivity contribution in [1.82, 2.24) is 15.0 Å². The summed E-state index contributed by atoms with van der Waals surface area (Å²) in [7, 11) is 0. The Kier molecular flexibility index (Phi) is 3.58. The van der Waals surface area contributed by atoms with Gasteiger partial charge in [-0.15, -0.1) is 0 Å². The Morgan fingerprint density at radius 3 is 2.85 bits per heavy atom. The van der Waals surface area contributed by atoms with Crippen LogP contribution in [0.4, 0.5) is 0 Å². The van der Waals surface area contributed by atoms with Gasteiger partial charge in [-0.3, -0.25) is 0 Å². The maximum atomic E-state index is 6.01. The van der Waals surface area contributed by atoms with Crippen LogP contribution in [0, 0.1) is 0 Å². The minimum Gasteiger partial charge on any atom is -0.478 e. The van der Waals surface area contributed by atoms with Crippen LogP contribution in [0.25, 0.3) is 11.2 Å². The SMILES string of the molecule is CCOc1ccc2[nH]c(C3(CN)CCOCC3)nc2n1. The van der Waals surface area contributed by atoms with E-state index in [0.29, 0.717) is 24.7 Å². The number of imidazole rings is 1. The molecule has 0 aliphatic carbocycles. The van der Waals surface area contributed by atoms with Crippen molar-refractivity contribution in [2.24, 2.45) is 5.73 Å². The molecule has 0 amide bonds. The number of aromatic amines is 1. The normalized spacial score (nSPS) is 18.3. The van der Waals surface area contributed by atoms with Crippen molar-refractivity contribution in [2.45, 2.75) is 25.2 Å². The quantitative estimate of drug-likeness (QED) is 0.880. The third kappa shape index (κ3) is 2.25. The summed E-state index contributed by atoms with van der Waals surface area (Å²) in [6.07, 6.45) is 1.78. The van der Waals surface area contributed by atoms with Gasteiger partial charge in [0.2, 0.25) is 5.88 Å². The first-order valence-electron chi connectivity index (χ1n) is 7.05. The fraction of sp³-hybridized carbons (Fsp3) is 0.571. The van der Waals surface area contributed by atoms with Crippen LogP contribution >= 0.6 is 0 Å².